The number of aliphatic carboxylic acids is 1. The van der Waals surface area contributed by atoms with E-state index in [0.717, 1.165) is 29.1 Å². The fourth-order valence-corrected chi connectivity index (χ4v) is 3.72. The van der Waals surface area contributed by atoms with Crippen molar-refractivity contribution in [1.82, 2.24) is 14.9 Å². The number of pyridine rings is 2. The summed E-state index contributed by atoms with van der Waals surface area (Å²) in [6, 6.07) is 13.3. The van der Waals surface area contributed by atoms with E-state index in [0.29, 0.717) is 11.1 Å². The maximum Gasteiger partial charge on any atom is 0.326 e. The Morgan fingerprint density at radius 1 is 1.00 bits per heavy atom. The molecule has 0 saturated carbocycles. The van der Waals surface area contributed by atoms with Gasteiger partial charge in [0, 0.05) is 30.3 Å². The monoisotopic (exact) mass is 463 g/mol. The van der Waals surface area contributed by atoms with Crippen LogP contribution < -0.4 is 10.9 Å². The van der Waals surface area contributed by atoms with Gasteiger partial charge in [-0.05, 0) is 35.4 Å². The van der Waals surface area contributed by atoms with Gasteiger partial charge in [-0.2, -0.15) is 0 Å². The molecule has 0 aliphatic rings. The first-order chi connectivity index (χ1) is 16.3. The molecule has 1 amide bonds. The van der Waals surface area contributed by atoms with Gasteiger partial charge in [-0.15, -0.1) is 0 Å². The number of fused-ring (bicyclic) bond motifs is 1. The Bertz CT molecular complexity index is 1430. The SMILES string of the molecule is O=C(NC(Cc1cccc(Cn2c(=O)ccc3cnccc32)c1)C(=O)O)c1c(F)cccc1F. The number of carboxylic acids is 1. The lowest BCUT2D eigenvalue weighted by molar-refractivity contribution is -0.139. The van der Waals surface area contributed by atoms with Gasteiger partial charge in [-0.3, -0.25) is 14.6 Å². The summed E-state index contributed by atoms with van der Waals surface area (Å²) < 4.78 is 29.4. The molecule has 2 aromatic heterocycles. The number of nitrogens with one attached hydrogen (secondary N) is 1. The normalized spacial score (nSPS) is 11.8. The Morgan fingerprint density at radius 2 is 1.71 bits per heavy atom. The van der Waals surface area contributed by atoms with Gasteiger partial charge in [-0.1, -0.05) is 30.3 Å². The van der Waals surface area contributed by atoms with Gasteiger partial charge in [0.1, 0.15) is 23.2 Å². The van der Waals surface area contributed by atoms with E-state index in [1.54, 1.807) is 53.4 Å². The number of rotatable bonds is 7. The fraction of sp³-hybridized carbons (Fsp3) is 0.120. The number of carbonyl (C=O) groups excluding carboxylic acids is 1. The molecule has 7 nitrogen and oxygen atoms in total. The molecule has 0 saturated heterocycles. The molecule has 4 aromatic rings. The summed E-state index contributed by atoms with van der Waals surface area (Å²) in [6.07, 6.45) is 3.12. The maximum absolute atomic E-state index is 13.9. The third-order valence-corrected chi connectivity index (χ3v) is 5.36. The van der Waals surface area contributed by atoms with Gasteiger partial charge in [0.2, 0.25) is 0 Å². The molecule has 0 spiro atoms. The second kappa shape index (κ2) is 9.62. The van der Waals surface area contributed by atoms with Gasteiger partial charge in [-0.25, -0.2) is 13.6 Å². The second-order valence-electron chi connectivity index (χ2n) is 7.68. The molecule has 4 rings (SSSR count). The Hall–Kier alpha value is -4.40. The summed E-state index contributed by atoms with van der Waals surface area (Å²) in [5, 5.41) is 12.6. The molecule has 0 aliphatic carbocycles. The molecule has 0 bridgehead atoms. The molecular weight excluding hydrogens is 444 g/mol. The number of aromatic nitrogens is 2. The lowest BCUT2D eigenvalue weighted by Crippen LogP contribution is -2.43. The topological polar surface area (TPSA) is 101 Å². The zero-order chi connectivity index (χ0) is 24.2. The van der Waals surface area contributed by atoms with Gasteiger partial charge in [0.15, 0.2) is 0 Å². The third kappa shape index (κ3) is 4.83. The Morgan fingerprint density at radius 3 is 2.44 bits per heavy atom. The zero-order valence-corrected chi connectivity index (χ0v) is 17.7. The first-order valence-corrected chi connectivity index (χ1v) is 10.3. The molecule has 1 unspecified atom stereocenters. The van der Waals surface area contributed by atoms with Crippen LogP contribution >= 0.6 is 0 Å². The standard InChI is InChI=1S/C25H19F2N3O4/c26-18-5-2-6-19(27)23(18)24(32)29-20(25(33)34)12-15-3-1-4-16(11-15)14-30-21-9-10-28-13-17(21)7-8-22(30)31/h1-11,13,20H,12,14H2,(H,29,32)(H,33,34). The van der Waals surface area contributed by atoms with E-state index in [-0.39, 0.29) is 18.5 Å². The summed E-state index contributed by atoms with van der Waals surface area (Å²) in [7, 11) is 0. The third-order valence-electron chi connectivity index (χ3n) is 5.36. The van der Waals surface area contributed by atoms with Gasteiger partial charge < -0.3 is 15.0 Å². The van der Waals surface area contributed by atoms with E-state index >= 15 is 0 Å². The smallest absolute Gasteiger partial charge is 0.326 e. The predicted octanol–water partition coefficient (Wildman–Crippen LogP) is 3.15. The predicted molar refractivity (Wildman–Crippen MR) is 120 cm³/mol. The van der Waals surface area contributed by atoms with Crippen LogP contribution in [0.3, 0.4) is 0 Å². The average molecular weight is 463 g/mol. The van der Waals surface area contributed by atoms with E-state index < -0.39 is 35.1 Å². The number of benzene rings is 2. The molecule has 172 valence electrons. The van der Waals surface area contributed by atoms with Gasteiger partial charge in [0.25, 0.3) is 11.5 Å². The summed E-state index contributed by atoms with van der Waals surface area (Å²) in [5.74, 6) is -4.68. The van der Waals surface area contributed by atoms with E-state index in [4.69, 9.17) is 0 Å². The Balaban J connectivity index is 1.56. The highest BCUT2D eigenvalue weighted by Crippen LogP contribution is 2.15. The minimum Gasteiger partial charge on any atom is -0.480 e. The molecule has 0 aliphatic heterocycles. The van der Waals surface area contributed by atoms with Crippen molar-refractivity contribution in [3.05, 3.63) is 112 Å². The van der Waals surface area contributed by atoms with Crippen molar-refractivity contribution < 1.29 is 23.5 Å². The lowest BCUT2D eigenvalue weighted by Gasteiger charge is -2.16. The molecule has 0 radical (unpaired) electrons. The molecule has 2 N–H and O–H groups in total. The highest BCUT2D eigenvalue weighted by Gasteiger charge is 2.25. The van der Waals surface area contributed by atoms with Crippen LogP contribution in [0.4, 0.5) is 8.78 Å². The van der Waals surface area contributed by atoms with Crippen molar-refractivity contribution in [3.63, 3.8) is 0 Å². The fourth-order valence-electron chi connectivity index (χ4n) is 3.72. The van der Waals surface area contributed by atoms with E-state index in [1.165, 1.54) is 6.07 Å². The molecule has 2 aromatic carbocycles. The van der Waals surface area contributed by atoms with Crippen LogP contribution in [0.25, 0.3) is 10.9 Å². The highest BCUT2D eigenvalue weighted by molar-refractivity contribution is 5.97. The largest absolute Gasteiger partial charge is 0.480 e. The van der Waals surface area contributed by atoms with Crippen LogP contribution in [0.5, 0.6) is 0 Å². The number of carbonyl (C=O) groups is 2. The van der Waals surface area contributed by atoms with E-state index in [2.05, 4.69) is 10.3 Å². The molecule has 1 atom stereocenters. The van der Waals surface area contributed by atoms with Crippen molar-refractivity contribution in [2.24, 2.45) is 0 Å². The van der Waals surface area contributed by atoms with Crippen molar-refractivity contribution in [2.45, 2.75) is 19.0 Å². The summed E-state index contributed by atoms with van der Waals surface area (Å²) >= 11 is 0. The van der Waals surface area contributed by atoms with Crippen LogP contribution in [0.15, 0.2) is 77.9 Å². The van der Waals surface area contributed by atoms with Gasteiger partial charge >= 0.3 is 5.97 Å². The Kier molecular flexibility index (Phi) is 6.44. The lowest BCUT2D eigenvalue weighted by atomic mass is 10.0. The number of amides is 1. The van der Waals surface area contributed by atoms with Crippen molar-refractivity contribution in [1.29, 1.82) is 0 Å². The van der Waals surface area contributed by atoms with Crippen molar-refractivity contribution >= 4 is 22.8 Å². The molecule has 0 fully saturated rings. The number of hydrogen-bond acceptors (Lipinski definition) is 4. The summed E-state index contributed by atoms with van der Waals surface area (Å²) in [5.41, 5.74) is 0.961. The summed E-state index contributed by atoms with van der Waals surface area (Å²) in [4.78, 5) is 40.6. The minimum absolute atomic E-state index is 0.126. The maximum atomic E-state index is 13.9. The number of nitrogens with zero attached hydrogens (tertiary/aromatic N) is 2. The molecular formula is C25H19F2N3O4. The minimum atomic E-state index is -1.42. The van der Waals surface area contributed by atoms with Crippen molar-refractivity contribution in [3.8, 4) is 0 Å². The van der Waals surface area contributed by atoms with Crippen LogP contribution in [0.2, 0.25) is 0 Å². The number of carboxylic acid groups (broad SMARTS) is 1. The zero-order valence-electron chi connectivity index (χ0n) is 17.7. The Labute approximate surface area is 192 Å². The second-order valence-corrected chi connectivity index (χ2v) is 7.68. The van der Waals surface area contributed by atoms with E-state index in [9.17, 15) is 28.3 Å². The first kappa shape index (κ1) is 22.8. The van der Waals surface area contributed by atoms with E-state index in [1.807, 2.05) is 0 Å². The number of halogens is 2. The summed E-state index contributed by atoms with van der Waals surface area (Å²) in [6.45, 7) is 0.235. The highest BCUT2D eigenvalue weighted by atomic mass is 19.1. The van der Waals surface area contributed by atoms with Crippen molar-refractivity contribution in [2.75, 3.05) is 0 Å². The van der Waals surface area contributed by atoms with Crippen LogP contribution in [-0.4, -0.2) is 32.6 Å². The molecule has 2 heterocycles. The number of hydrogen-bond donors (Lipinski definition) is 2. The molecule has 9 heteroatoms. The average Bonchev–Trinajstić information content (AvgIpc) is 2.80. The van der Waals surface area contributed by atoms with Crippen LogP contribution in [-0.2, 0) is 17.8 Å². The van der Waals surface area contributed by atoms with Crippen LogP contribution in [0.1, 0.15) is 21.5 Å². The van der Waals surface area contributed by atoms with Gasteiger partial charge in [0.05, 0.1) is 12.1 Å². The molecule has 34 heavy (non-hydrogen) atoms. The quantitative estimate of drug-likeness (QED) is 0.439. The van der Waals surface area contributed by atoms with Crippen LogP contribution in [0, 0.1) is 11.6 Å². The first-order valence-electron chi connectivity index (χ1n) is 10.3.